The van der Waals surface area contributed by atoms with Crippen LogP contribution in [0.15, 0.2) is 83.8 Å². The van der Waals surface area contributed by atoms with Gasteiger partial charge in [-0.3, -0.25) is 9.69 Å². The Balaban J connectivity index is 1.53. The molecule has 0 fully saturated rings. The molecule has 1 aliphatic heterocycles. The molecule has 0 aromatic heterocycles. The summed E-state index contributed by atoms with van der Waals surface area (Å²) in [7, 11) is 1.53. The number of halogens is 2. The van der Waals surface area contributed by atoms with Gasteiger partial charge in [0, 0.05) is 26.8 Å². The second-order valence-electron chi connectivity index (χ2n) is 8.46. The van der Waals surface area contributed by atoms with Crippen molar-refractivity contribution in [3.8, 4) is 16.9 Å². The van der Waals surface area contributed by atoms with Gasteiger partial charge in [0.1, 0.15) is 11.6 Å². The fourth-order valence-corrected chi connectivity index (χ4v) is 5.36. The standard InChI is InChI=1S/C29H24ClFN2O2S/c1-18-28(31)23(20-8-10-21(30)11-9-20)15-26(35-2)29(18)33-25-13-12-22(14-24(25)32-16-27(33)34)36-17-19-6-4-3-5-7-19/h3-15,32H,16-17H2,1-2H3. The highest BCUT2D eigenvalue weighted by Gasteiger charge is 2.31. The minimum Gasteiger partial charge on any atom is -0.495 e. The van der Waals surface area contributed by atoms with E-state index in [1.54, 1.807) is 53.9 Å². The van der Waals surface area contributed by atoms with E-state index in [1.165, 1.54) is 12.7 Å². The van der Waals surface area contributed by atoms with Gasteiger partial charge < -0.3 is 10.1 Å². The number of nitrogens with one attached hydrogen (secondary N) is 1. The van der Waals surface area contributed by atoms with Gasteiger partial charge in [0.2, 0.25) is 0 Å². The summed E-state index contributed by atoms with van der Waals surface area (Å²) < 4.78 is 21.4. The average molecular weight is 519 g/mol. The van der Waals surface area contributed by atoms with Gasteiger partial charge in [0.15, 0.2) is 0 Å². The van der Waals surface area contributed by atoms with Crippen LogP contribution >= 0.6 is 23.4 Å². The van der Waals surface area contributed by atoms with E-state index in [2.05, 4.69) is 17.4 Å². The van der Waals surface area contributed by atoms with Gasteiger partial charge >= 0.3 is 0 Å². The number of nitrogens with zero attached hydrogens (tertiary/aromatic N) is 1. The highest BCUT2D eigenvalue weighted by molar-refractivity contribution is 7.98. The molecule has 0 saturated heterocycles. The Kier molecular flexibility index (Phi) is 6.90. The molecule has 0 saturated carbocycles. The lowest BCUT2D eigenvalue weighted by molar-refractivity contribution is -0.116. The van der Waals surface area contributed by atoms with Crippen LogP contribution in [0, 0.1) is 12.7 Å². The maximum absolute atomic E-state index is 15.7. The molecule has 0 spiro atoms. The van der Waals surface area contributed by atoms with Crippen LogP contribution in [-0.2, 0) is 10.5 Å². The third-order valence-corrected chi connectivity index (χ3v) is 7.48. The number of rotatable bonds is 6. The topological polar surface area (TPSA) is 41.6 Å². The van der Waals surface area contributed by atoms with Crippen LogP contribution in [0.5, 0.6) is 5.75 Å². The van der Waals surface area contributed by atoms with Gasteiger partial charge in [-0.2, -0.15) is 0 Å². The highest BCUT2D eigenvalue weighted by atomic mass is 35.5. The summed E-state index contributed by atoms with van der Waals surface area (Å²) in [5.74, 6) is 0.665. The summed E-state index contributed by atoms with van der Waals surface area (Å²) in [5.41, 5.74) is 4.53. The molecule has 4 nitrogen and oxygen atoms in total. The number of ether oxygens (including phenoxy) is 1. The van der Waals surface area contributed by atoms with E-state index in [0.29, 0.717) is 38.8 Å². The molecular weight excluding hydrogens is 495 g/mol. The molecule has 0 unspecified atom stereocenters. The number of fused-ring (bicyclic) bond motifs is 1. The van der Waals surface area contributed by atoms with Gasteiger partial charge in [-0.25, -0.2) is 4.39 Å². The van der Waals surface area contributed by atoms with Crippen molar-refractivity contribution in [3.63, 3.8) is 0 Å². The van der Waals surface area contributed by atoms with Crippen molar-refractivity contribution in [1.82, 2.24) is 0 Å². The Morgan fingerprint density at radius 1 is 1.06 bits per heavy atom. The predicted octanol–water partition coefficient (Wildman–Crippen LogP) is 7.85. The highest BCUT2D eigenvalue weighted by Crippen LogP contribution is 2.46. The van der Waals surface area contributed by atoms with Gasteiger partial charge in [-0.15, -0.1) is 11.8 Å². The second-order valence-corrected chi connectivity index (χ2v) is 9.94. The molecular formula is C29H24ClFN2O2S. The summed E-state index contributed by atoms with van der Waals surface area (Å²) in [4.78, 5) is 15.8. The molecule has 0 bridgehead atoms. The maximum atomic E-state index is 15.7. The van der Waals surface area contributed by atoms with Crippen LogP contribution < -0.4 is 15.0 Å². The molecule has 1 aliphatic rings. The van der Waals surface area contributed by atoms with Crippen molar-refractivity contribution < 1.29 is 13.9 Å². The maximum Gasteiger partial charge on any atom is 0.251 e. The van der Waals surface area contributed by atoms with Crippen molar-refractivity contribution in [2.75, 3.05) is 23.9 Å². The molecule has 0 atom stereocenters. The minimum absolute atomic E-state index is 0.100. The zero-order valence-electron chi connectivity index (χ0n) is 19.8. The molecule has 36 heavy (non-hydrogen) atoms. The largest absolute Gasteiger partial charge is 0.495 e. The Morgan fingerprint density at radius 2 is 1.81 bits per heavy atom. The first-order chi connectivity index (χ1) is 17.5. The number of amides is 1. The number of hydrogen-bond acceptors (Lipinski definition) is 4. The van der Waals surface area contributed by atoms with E-state index in [1.807, 2.05) is 36.4 Å². The summed E-state index contributed by atoms with van der Waals surface area (Å²) in [6, 6.07) is 24.8. The zero-order valence-corrected chi connectivity index (χ0v) is 21.4. The summed E-state index contributed by atoms with van der Waals surface area (Å²) in [6.07, 6.45) is 0. The fraction of sp³-hybridized carbons (Fsp3) is 0.138. The smallest absolute Gasteiger partial charge is 0.251 e. The first-order valence-corrected chi connectivity index (χ1v) is 12.8. The van der Waals surface area contributed by atoms with E-state index in [-0.39, 0.29) is 12.5 Å². The molecule has 7 heteroatoms. The zero-order chi connectivity index (χ0) is 25.2. The molecule has 1 N–H and O–H groups in total. The van der Waals surface area contributed by atoms with E-state index < -0.39 is 5.82 Å². The van der Waals surface area contributed by atoms with Gasteiger partial charge in [-0.1, -0.05) is 54.1 Å². The van der Waals surface area contributed by atoms with Crippen LogP contribution in [0.25, 0.3) is 11.1 Å². The lowest BCUT2D eigenvalue weighted by Gasteiger charge is -2.33. The van der Waals surface area contributed by atoms with E-state index >= 15 is 4.39 Å². The molecule has 1 heterocycles. The van der Waals surface area contributed by atoms with Gasteiger partial charge in [0.05, 0.1) is 30.7 Å². The first-order valence-electron chi connectivity index (χ1n) is 11.5. The molecule has 0 radical (unpaired) electrons. The number of benzene rings is 4. The number of thioether (sulfide) groups is 1. The third kappa shape index (κ3) is 4.66. The summed E-state index contributed by atoms with van der Waals surface area (Å²) in [5, 5.41) is 3.79. The quantitative estimate of drug-likeness (QED) is 0.264. The summed E-state index contributed by atoms with van der Waals surface area (Å²) in [6.45, 7) is 1.77. The molecule has 0 aliphatic carbocycles. The third-order valence-electron chi connectivity index (χ3n) is 6.17. The predicted molar refractivity (Wildman–Crippen MR) is 146 cm³/mol. The molecule has 182 valence electrons. The number of carbonyl (C=O) groups is 1. The molecule has 1 amide bonds. The molecule has 4 aromatic rings. The lowest BCUT2D eigenvalue weighted by atomic mass is 9.99. The molecule has 4 aromatic carbocycles. The Morgan fingerprint density at radius 3 is 2.53 bits per heavy atom. The number of hydrogen-bond donors (Lipinski definition) is 1. The van der Waals surface area contributed by atoms with Crippen molar-refractivity contribution in [2.45, 2.75) is 17.6 Å². The Bertz CT molecular complexity index is 1430. The molecule has 5 rings (SSSR count). The van der Waals surface area contributed by atoms with E-state index in [9.17, 15) is 4.79 Å². The number of carbonyl (C=O) groups excluding carboxylic acids is 1. The lowest BCUT2D eigenvalue weighted by Crippen LogP contribution is -2.37. The SMILES string of the molecule is COc1cc(-c2ccc(Cl)cc2)c(F)c(C)c1N1C(=O)CNc2cc(SCc3ccccc3)ccc21. The van der Waals surface area contributed by atoms with Crippen molar-refractivity contribution in [1.29, 1.82) is 0 Å². The minimum atomic E-state index is -0.406. The van der Waals surface area contributed by atoms with Crippen LogP contribution in [0.3, 0.4) is 0 Å². The van der Waals surface area contributed by atoms with Gasteiger partial charge in [0.25, 0.3) is 5.91 Å². The number of anilines is 3. The van der Waals surface area contributed by atoms with Crippen molar-refractivity contribution in [3.05, 3.63) is 101 Å². The Labute approximate surface area is 219 Å². The fourth-order valence-electron chi connectivity index (χ4n) is 4.34. The van der Waals surface area contributed by atoms with Crippen LogP contribution in [0.4, 0.5) is 21.5 Å². The number of methoxy groups -OCH3 is 1. The van der Waals surface area contributed by atoms with E-state index in [4.69, 9.17) is 16.3 Å². The monoisotopic (exact) mass is 518 g/mol. The first kappa shape index (κ1) is 24.2. The summed E-state index contributed by atoms with van der Waals surface area (Å²) >= 11 is 7.73. The Hall–Kier alpha value is -3.48. The van der Waals surface area contributed by atoms with Crippen molar-refractivity contribution in [2.24, 2.45) is 0 Å². The normalized spacial score (nSPS) is 12.8. The van der Waals surface area contributed by atoms with Crippen LogP contribution in [0.2, 0.25) is 5.02 Å². The van der Waals surface area contributed by atoms with Crippen LogP contribution in [-0.4, -0.2) is 19.6 Å². The van der Waals surface area contributed by atoms with Crippen LogP contribution in [0.1, 0.15) is 11.1 Å². The average Bonchev–Trinajstić information content (AvgIpc) is 2.90. The van der Waals surface area contributed by atoms with Crippen molar-refractivity contribution >= 4 is 46.3 Å². The second kappa shape index (κ2) is 10.2. The van der Waals surface area contributed by atoms with E-state index in [0.717, 1.165) is 16.3 Å². The van der Waals surface area contributed by atoms with Gasteiger partial charge in [-0.05, 0) is 54.4 Å².